The fourth-order valence-electron chi connectivity index (χ4n) is 3.87. The Kier molecular flexibility index (Phi) is 7.71. The molecule has 7 nitrogen and oxygen atoms in total. The highest BCUT2D eigenvalue weighted by Crippen LogP contribution is 2.35. The number of hydrogen-bond acceptors (Lipinski definition) is 5. The van der Waals surface area contributed by atoms with Gasteiger partial charge in [-0.15, -0.1) is 0 Å². The lowest BCUT2D eigenvalue weighted by atomic mass is 10.1. The molecule has 0 atom stereocenters. The number of nitrogens with zero attached hydrogens (tertiary/aromatic N) is 1. The molecular formula is C28H26ClN3O4. The Morgan fingerprint density at radius 1 is 0.944 bits per heavy atom. The predicted octanol–water partition coefficient (Wildman–Crippen LogP) is 5.73. The van der Waals surface area contributed by atoms with E-state index in [1.807, 2.05) is 24.3 Å². The van der Waals surface area contributed by atoms with Crippen molar-refractivity contribution in [1.29, 1.82) is 0 Å². The summed E-state index contributed by atoms with van der Waals surface area (Å²) in [5.74, 6) is -1.22. The molecule has 3 aromatic carbocycles. The zero-order valence-corrected chi connectivity index (χ0v) is 20.8. The third kappa shape index (κ3) is 5.26. The van der Waals surface area contributed by atoms with Gasteiger partial charge < -0.3 is 15.4 Å². The minimum atomic E-state index is -0.662. The monoisotopic (exact) mass is 503 g/mol. The largest absolute Gasteiger partial charge is 0.495 e. The van der Waals surface area contributed by atoms with Crippen molar-refractivity contribution < 1.29 is 19.1 Å². The first kappa shape index (κ1) is 25.0. The summed E-state index contributed by atoms with van der Waals surface area (Å²) in [6, 6.07) is 21.1. The van der Waals surface area contributed by atoms with Crippen molar-refractivity contribution in [2.45, 2.75) is 26.2 Å². The number of rotatable bonds is 9. The number of ether oxygens (including phenoxy) is 1. The van der Waals surface area contributed by atoms with E-state index in [-0.39, 0.29) is 16.6 Å². The number of anilines is 3. The summed E-state index contributed by atoms with van der Waals surface area (Å²) in [4.78, 5) is 39.7. The summed E-state index contributed by atoms with van der Waals surface area (Å²) in [7, 11) is 1.45. The predicted molar refractivity (Wildman–Crippen MR) is 141 cm³/mol. The molecule has 0 saturated heterocycles. The summed E-state index contributed by atoms with van der Waals surface area (Å²) in [5, 5.41) is 5.54. The van der Waals surface area contributed by atoms with E-state index in [2.05, 4.69) is 17.6 Å². The maximum atomic E-state index is 13.1. The number of benzene rings is 3. The Morgan fingerprint density at radius 2 is 1.69 bits per heavy atom. The number of nitrogens with one attached hydrogen (secondary N) is 2. The first-order valence-electron chi connectivity index (χ1n) is 11.6. The van der Waals surface area contributed by atoms with Gasteiger partial charge in [0.05, 0.1) is 12.8 Å². The van der Waals surface area contributed by atoms with E-state index in [0.29, 0.717) is 28.4 Å². The zero-order valence-electron chi connectivity index (χ0n) is 20.0. The molecule has 0 saturated carbocycles. The standard InChI is InChI=1S/C28H26ClN3O4/c1-3-4-8-18-13-15-20(16-14-18)31-26(33)19-9-7-10-21(17-19)30-25-24(29)27(34)32(28(25)35)22-11-5-6-12-23(22)36-2/h5-7,9-17,30H,3-4,8H2,1-2H3,(H,31,33). The topological polar surface area (TPSA) is 87.7 Å². The quantitative estimate of drug-likeness (QED) is 0.364. The van der Waals surface area contributed by atoms with Gasteiger partial charge in [0.2, 0.25) is 0 Å². The molecule has 3 amide bonds. The zero-order chi connectivity index (χ0) is 25.7. The lowest BCUT2D eigenvalue weighted by Gasteiger charge is -2.18. The molecule has 184 valence electrons. The Balaban J connectivity index is 1.49. The maximum absolute atomic E-state index is 13.1. The summed E-state index contributed by atoms with van der Waals surface area (Å²) in [6.45, 7) is 2.15. The highest BCUT2D eigenvalue weighted by Gasteiger charge is 2.40. The van der Waals surface area contributed by atoms with Gasteiger partial charge in [0.1, 0.15) is 16.5 Å². The summed E-state index contributed by atoms with van der Waals surface area (Å²) < 4.78 is 5.29. The van der Waals surface area contributed by atoms with Crippen LogP contribution in [0.15, 0.2) is 83.5 Å². The first-order valence-corrected chi connectivity index (χ1v) is 12.0. The Bertz CT molecular complexity index is 1330. The van der Waals surface area contributed by atoms with Crippen LogP contribution in [-0.2, 0) is 16.0 Å². The molecule has 0 unspecified atom stereocenters. The van der Waals surface area contributed by atoms with Crippen LogP contribution in [0.5, 0.6) is 5.75 Å². The Labute approximate surface area is 214 Å². The number of amides is 3. The van der Waals surface area contributed by atoms with Gasteiger partial charge >= 0.3 is 0 Å². The Morgan fingerprint density at radius 3 is 2.42 bits per heavy atom. The Hall–Kier alpha value is -4.10. The van der Waals surface area contributed by atoms with Gasteiger partial charge in [0.25, 0.3) is 17.7 Å². The number of halogens is 1. The van der Waals surface area contributed by atoms with Gasteiger partial charge in [-0.1, -0.05) is 55.3 Å². The van der Waals surface area contributed by atoms with E-state index in [4.69, 9.17) is 16.3 Å². The molecule has 0 fully saturated rings. The molecule has 1 aliphatic rings. The number of carbonyl (C=O) groups excluding carboxylic acids is 3. The van der Waals surface area contributed by atoms with E-state index in [0.717, 1.165) is 24.2 Å². The molecule has 0 bridgehead atoms. The van der Waals surface area contributed by atoms with Gasteiger partial charge in [0.15, 0.2) is 0 Å². The molecule has 4 rings (SSSR count). The number of hydrogen-bond donors (Lipinski definition) is 2. The summed E-state index contributed by atoms with van der Waals surface area (Å²) >= 11 is 6.25. The number of methoxy groups -OCH3 is 1. The van der Waals surface area contributed by atoms with Crippen LogP contribution >= 0.6 is 11.6 Å². The van der Waals surface area contributed by atoms with Crippen LogP contribution in [0, 0.1) is 0 Å². The van der Waals surface area contributed by atoms with E-state index in [9.17, 15) is 14.4 Å². The van der Waals surface area contributed by atoms with Gasteiger partial charge in [0, 0.05) is 16.9 Å². The smallest absolute Gasteiger partial charge is 0.283 e. The highest BCUT2D eigenvalue weighted by molar-refractivity contribution is 6.53. The van der Waals surface area contributed by atoms with Crippen LogP contribution in [0.3, 0.4) is 0 Å². The number of unbranched alkanes of at least 4 members (excludes halogenated alkanes) is 1. The second-order valence-corrected chi connectivity index (χ2v) is 8.64. The third-order valence-electron chi connectivity index (χ3n) is 5.78. The van der Waals surface area contributed by atoms with Crippen molar-refractivity contribution in [3.63, 3.8) is 0 Å². The van der Waals surface area contributed by atoms with E-state index < -0.39 is 11.8 Å². The first-order chi connectivity index (χ1) is 17.4. The van der Waals surface area contributed by atoms with Crippen molar-refractivity contribution in [2.75, 3.05) is 22.6 Å². The molecule has 36 heavy (non-hydrogen) atoms. The second-order valence-electron chi connectivity index (χ2n) is 8.27. The molecule has 1 heterocycles. The van der Waals surface area contributed by atoms with Gasteiger partial charge in [-0.05, 0) is 60.9 Å². The molecule has 0 spiro atoms. The minimum Gasteiger partial charge on any atom is -0.495 e. The summed E-state index contributed by atoms with van der Waals surface area (Å²) in [6.07, 6.45) is 3.26. The van der Waals surface area contributed by atoms with E-state index in [1.165, 1.54) is 12.7 Å². The average molecular weight is 504 g/mol. The lowest BCUT2D eigenvalue weighted by Crippen LogP contribution is -2.32. The molecule has 8 heteroatoms. The van der Waals surface area contributed by atoms with Gasteiger partial charge in [-0.3, -0.25) is 14.4 Å². The third-order valence-corrected chi connectivity index (χ3v) is 6.13. The lowest BCUT2D eigenvalue weighted by molar-refractivity contribution is -0.120. The molecule has 2 N–H and O–H groups in total. The number of para-hydroxylation sites is 2. The van der Waals surface area contributed by atoms with Crippen LogP contribution in [0.1, 0.15) is 35.7 Å². The normalized spacial score (nSPS) is 13.2. The van der Waals surface area contributed by atoms with Crippen molar-refractivity contribution in [3.05, 3.63) is 94.7 Å². The summed E-state index contributed by atoms with van der Waals surface area (Å²) in [5.41, 5.74) is 2.95. The molecule has 0 aromatic heterocycles. The van der Waals surface area contributed by atoms with Crippen LogP contribution in [0.25, 0.3) is 0 Å². The van der Waals surface area contributed by atoms with Crippen molar-refractivity contribution in [2.24, 2.45) is 0 Å². The maximum Gasteiger partial charge on any atom is 0.283 e. The van der Waals surface area contributed by atoms with Crippen LogP contribution in [0.2, 0.25) is 0 Å². The number of imide groups is 1. The SMILES string of the molecule is CCCCc1ccc(NC(=O)c2cccc(NC3=C(Cl)C(=O)N(c4ccccc4OC)C3=O)c2)cc1. The van der Waals surface area contributed by atoms with Crippen molar-refractivity contribution in [1.82, 2.24) is 0 Å². The van der Waals surface area contributed by atoms with Crippen LogP contribution in [0.4, 0.5) is 17.1 Å². The van der Waals surface area contributed by atoms with Gasteiger partial charge in [-0.25, -0.2) is 4.90 Å². The second kappa shape index (κ2) is 11.1. The molecule has 0 aliphatic carbocycles. The molecule has 0 radical (unpaired) electrons. The van der Waals surface area contributed by atoms with Crippen molar-refractivity contribution in [3.8, 4) is 5.75 Å². The van der Waals surface area contributed by atoms with Crippen molar-refractivity contribution >= 4 is 46.4 Å². The van der Waals surface area contributed by atoms with E-state index in [1.54, 1.807) is 48.5 Å². The van der Waals surface area contributed by atoms with Crippen LogP contribution in [-0.4, -0.2) is 24.8 Å². The van der Waals surface area contributed by atoms with E-state index >= 15 is 0 Å². The molecule has 1 aliphatic heterocycles. The fourth-order valence-corrected chi connectivity index (χ4v) is 4.08. The number of carbonyl (C=O) groups is 3. The highest BCUT2D eigenvalue weighted by atomic mass is 35.5. The number of aryl methyl sites for hydroxylation is 1. The minimum absolute atomic E-state index is 0.0761. The van der Waals surface area contributed by atoms with Gasteiger partial charge in [-0.2, -0.15) is 0 Å². The molecule has 3 aromatic rings. The molecular weight excluding hydrogens is 478 g/mol. The average Bonchev–Trinajstić information content (AvgIpc) is 3.11. The fraction of sp³-hybridized carbons (Fsp3) is 0.179. The van der Waals surface area contributed by atoms with Crippen LogP contribution < -0.4 is 20.3 Å².